The minimum atomic E-state index is -4.25. The Balaban J connectivity index is 1.78. The van der Waals surface area contributed by atoms with Crippen molar-refractivity contribution in [3.8, 4) is 0 Å². The van der Waals surface area contributed by atoms with Crippen molar-refractivity contribution in [1.82, 2.24) is 0 Å². The first-order valence-corrected chi connectivity index (χ1v) is 15.5. The molecule has 0 aliphatic heterocycles. The molecule has 0 fully saturated rings. The zero-order chi connectivity index (χ0) is 24.7. The Bertz CT molecular complexity index is 1240. The first-order valence-electron chi connectivity index (χ1n) is 11.8. The molecule has 1 unspecified atom stereocenters. The summed E-state index contributed by atoms with van der Waals surface area (Å²) in [6.45, 7) is 3.77. The van der Waals surface area contributed by atoms with Crippen LogP contribution in [0.1, 0.15) is 17.5 Å². The maximum absolute atomic E-state index is 12.5. The third-order valence-corrected chi connectivity index (χ3v) is 13.0. The Morgan fingerprint density at radius 1 is 0.714 bits per heavy atom. The summed E-state index contributed by atoms with van der Waals surface area (Å²) in [5, 5.41) is 2.78. The Morgan fingerprint density at radius 2 is 1.14 bits per heavy atom. The van der Waals surface area contributed by atoms with E-state index in [1.54, 1.807) is 6.08 Å². The van der Waals surface area contributed by atoms with E-state index in [9.17, 15) is 13.0 Å². The molecule has 4 rings (SSSR count). The normalized spacial score (nSPS) is 13.2. The first-order chi connectivity index (χ1) is 16.9. The van der Waals surface area contributed by atoms with Crippen molar-refractivity contribution in [2.24, 2.45) is 0 Å². The molecule has 5 heteroatoms. The second-order valence-corrected chi connectivity index (χ2v) is 14.6. The van der Waals surface area contributed by atoms with Crippen LogP contribution in [0.3, 0.4) is 0 Å². The Hall–Kier alpha value is -3.04. The van der Waals surface area contributed by atoms with Crippen LogP contribution in [0.25, 0.3) is 6.08 Å². The molecule has 1 N–H and O–H groups in total. The monoisotopic (exact) mass is 502 g/mol. The summed E-state index contributed by atoms with van der Waals surface area (Å²) in [6.07, 6.45) is 3.02. The number of hydrogen-bond acceptors (Lipinski definition) is 2. The molecule has 0 saturated heterocycles. The summed E-state index contributed by atoms with van der Waals surface area (Å²) in [5.41, 5.74) is 1.85. The van der Waals surface area contributed by atoms with Gasteiger partial charge in [0, 0.05) is 0 Å². The van der Waals surface area contributed by atoms with Crippen molar-refractivity contribution >= 4 is 39.4 Å². The number of benzene rings is 4. The average molecular weight is 503 g/mol. The fourth-order valence-corrected chi connectivity index (χ4v) is 10.8. The Morgan fingerprint density at radius 3 is 1.51 bits per heavy atom. The third kappa shape index (κ3) is 5.79. The zero-order valence-electron chi connectivity index (χ0n) is 19.6. The molecule has 0 spiro atoms. The summed E-state index contributed by atoms with van der Waals surface area (Å²) in [4.78, 5) is 0. The van der Waals surface area contributed by atoms with Crippen molar-refractivity contribution in [3.05, 3.63) is 133 Å². The van der Waals surface area contributed by atoms with Gasteiger partial charge in [0.15, 0.2) is 0 Å². The standard InChI is InChI=1S/C30H31O3PS/c1-2-25-18-20-26(21-19-25)24-30(35(31,32)33)22-23-34(27-12-6-3-7-13-27,28-14-8-4-9-15-28)29-16-10-5-11-17-29/h2-21,30,34H,1,22-24H2,(H,31,32,33). The molecule has 0 radical (unpaired) electrons. The average Bonchev–Trinajstić information content (AvgIpc) is 2.90. The van der Waals surface area contributed by atoms with E-state index < -0.39 is 22.6 Å². The van der Waals surface area contributed by atoms with Crippen LogP contribution in [0.15, 0.2) is 122 Å². The SMILES string of the molecule is C=Cc1ccc(CC(CC[PH](c2ccccc2)(c2ccccc2)c2ccccc2)S(=O)(=O)O)cc1. The molecule has 0 bridgehead atoms. The molecule has 0 amide bonds. The molecular weight excluding hydrogens is 471 g/mol. The third-order valence-electron chi connectivity index (χ3n) is 6.74. The Labute approximate surface area is 209 Å². The van der Waals surface area contributed by atoms with E-state index in [1.165, 1.54) is 15.9 Å². The van der Waals surface area contributed by atoms with Crippen LogP contribution >= 0.6 is 7.26 Å². The van der Waals surface area contributed by atoms with Gasteiger partial charge in [-0.1, -0.05) is 0 Å². The molecule has 4 aromatic rings. The van der Waals surface area contributed by atoms with E-state index in [0.717, 1.165) is 11.1 Å². The molecule has 0 heterocycles. The second-order valence-electron chi connectivity index (χ2n) is 8.83. The van der Waals surface area contributed by atoms with E-state index in [0.29, 0.717) is 12.6 Å². The van der Waals surface area contributed by atoms with Crippen LogP contribution in [0.4, 0.5) is 0 Å². The second kappa shape index (κ2) is 11.1. The zero-order valence-corrected chi connectivity index (χ0v) is 21.4. The molecule has 0 aliphatic rings. The van der Waals surface area contributed by atoms with Crippen LogP contribution in [-0.4, -0.2) is 24.4 Å². The molecule has 0 aliphatic carbocycles. The Kier molecular flexibility index (Phi) is 7.97. The molecule has 4 aromatic carbocycles. The van der Waals surface area contributed by atoms with Crippen LogP contribution in [-0.2, 0) is 16.5 Å². The van der Waals surface area contributed by atoms with Gasteiger partial charge in [-0.2, -0.15) is 0 Å². The van der Waals surface area contributed by atoms with E-state index in [1.807, 2.05) is 78.9 Å². The number of hydrogen-bond donors (Lipinski definition) is 1. The fraction of sp³-hybridized carbons (Fsp3) is 0.133. The number of rotatable bonds is 10. The maximum atomic E-state index is 12.5. The molecule has 0 aromatic heterocycles. The van der Waals surface area contributed by atoms with E-state index >= 15 is 0 Å². The molecule has 180 valence electrons. The summed E-state index contributed by atoms with van der Waals surface area (Å²) in [5.74, 6) is 0. The predicted molar refractivity (Wildman–Crippen MR) is 152 cm³/mol. The summed E-state index contributed by atoms with van der Waals surface area (Å²) < 4.78 is 35.3. The van der Waals surface area contributed by atoms with Gasteiger partial charge in [0.05, 0.1) is 0 Å². The van der Waals surface area contributed by atoms with E-state index in [4.69, 9.17) is 0 Å². The van der Waals surface area contributed by atoms with Crippen LogP contribution in [0.5, 0.6) is 0 Å². The van der Waals surface area contributed by atoms with Crippen molar-refractivity contribution < 1.29 is 13.0 Å². The van der Waals surface area contributed by atoms with Crippen molar-refractivity contribution in [2.75, 3.05) is 6.16 Å². The molecule has 0 saturated carbocycles. The van der Waals surface area contributed by atoms with Gasteiger partial charge in [0.2, 0.25) is 0 Å². The van der Waals surface area contributed by atoms with Crippen molar-refractivity contribution in [3.63, 3.8) is 0 Å². The molecular formula is C30H31O3PS. The first kappa shape index (κ1) is 25.1. The van der Waals surface area contributed by atoms with Gasteiger partial charge in [0.25, 0.3) is 0 Å². The fourth-order valence-electron chi connectivity index (χ4n) is 4.89. The van der Waals surface area contributed by atoms with Gasteiger partial charge in [-0.05, 0) is 0 Å². The van der Waals surface area contributed by atoms with Crippen molar-refractivity contribution in [2.45, 2.75) is 18.1 Å². The summed E-state index contributed by atoms with van der Waals surface area (Å²) in [6, 6.07) is 38.9. The summed E-state index contributed by atoms with van der Waals surface area (Å²) >= 11 is 0. The van der Waals surface area contributed by atoms with E-state index in [-0.39, 0.29) is 6.42 Å². The van der Waals surface area contributed by atoms with Crippen LogP contribution in [0, 0.1) is 0 Å². The van der Waals surface area contributed by atoms with Gasteiger partial charge in [0.1, 0.15) is 0 Å². The summed E-state index contributed by atoms with van der Waals surface area (Å²) in [7, 11) is -6.83. The van der Waals surface area contributed by atoms with Crippen LogP contribution in [0.2, 0.25) is 0 Å². The topological polar surface area (TPSA) is 54.4 Å². The van der Waals surface area contributed by atoms with E-state index in [2.05, 4.69) is 43.0 Å². The molecule has 1 atom stereocenters. The van der Waals surface area contributed by atoms with Gasteiger partial charge in [-0.15, -0.1) is 0 Å². The van der Waals surface area contributed by atoms with Gasteiger partial charge >= 0.3 is 210 Å². The van der Waals surface area contributed by atoms with Crippen LogP contribution < -0.4 is 15.9 Å². The van der Waals surface area contributed by atoms with Gasteiger partial charge in [-0.3, -0.25) is 0 Å². The quantitative estimate of drug-likeness (QED) is 0.238. The van der Waals surface area contributed by atoms with Gasteiger partial charge < -0.3 is 0 Å². The van der Waals surface area contributed by atoms with Crippen molar-refractivity contribution in [1.29, 1.82) is 0 Å². The molecule has 3 nitrogen and oxygen atoms in total. The molecule has 35 heavy (non-hydrogen) atoms. The predicted octanol–water partition coefficient (Wildman–Crippen LogP) is 5.25. The van der Waals surface area contributed by atoms with Gasteiger partial charge in [-0.25, -0.2) is 0 Å². The minimum absolute atomic E-state index is 0.263.